The van der Waals surface area contributed by atoms with Gasteiger partial charge in [0.1, 0.15) is 29.3 Å². The van der Waals surface area contributed by atoms with E-state index in [0.717, 1.165) is 0 Å². The van der Waals surface area contributed by atoms with E-state index in [0.29, 0.717) is 16.6 Å². The molecular formula is C15H17ClN4O5S. The van der Waals surface area contributed by atoms with Crippen LogP contribution in [0.4, 0.5) is 5.82 Å². The van der Waals surface area contributed by atoms with Crippen molar-refractivity contribution in [2.45, 2.75) is 42.6 Å². The van der Waals surface area contributed by atoms with Gasteiger partial charge >= 0.3 is 0 Å². The number of thiol groups is 1. The molecule has 4 N–H and O–H groups in total. The fourth-order valence-electron chi connectivity index (χ4n) is 3.53. The number of carbonyl (C=O) groups excluding carboxylic acids is 1. The lowest BCUT2D eigenvalue weighted by Crippen LogP contribution is -2.44. The number of anilines is 1. The van der Waals surface area contributed by atoms with Crippen molar-refractivity contribution in [2.75, 3.05) is 11.9 Å². The van der Waals surface area contributed by atoms with Gasteiger partial charge in [-0.05, 0) is 24.1 Å². The van der Waals surface area contributed by atoms with E-state index in [9.17, 15) is 20.1 Å². The minimum atomic E-state index is -1.69. The number of nitrogens with one attached hydrogen (secondary N) is 1. The number of aliphatic hydroxyl groups is 3. The first kappa shape index (κ1) is 18.0. The van der Waals surface area contributed by atoms with Crippen LogP contribution in [0.25, 0.3) is 11.0 Å². The third-order valence-electron chi connectivity index (χ3n) is 4.86. The average Bonchev–Trinajstić information content (AvgIpc) is 2.99. The summed E-state index contributed by atoms with van der Waals surface area (Å²) >= 11 is 10.5. The van der Waals surface area contributed by atoms with Gasteiger partial charge in [-0.3, -0.25) is 4.79 Å². The number of hydrogen-bond donors (Lipinski definition) is 5. The van der Waals surface area contributed by atoms with Crippen LogP contribution in [-0.2, 0) is 9.53 Å². The molecule has 0 aromatic carbocycles. The SMILES string of the molecule is C[C@]1(O)C(n2cc3c4c(nc(Cl)nc42)NC(=O)CC3S)O[C@H](CO)[C@H]1O. The van der Waals surface area contributed by atoms with Gasteiger partial charge in [-0.2, -0.15) is 22.6 Å². The molecule has 2 aliphatic heterocycles. The first-order chi connectivity index (χ1) is 12.2. The minimum absolute atomic E-state index is 0.0896. The van der Waals surface area contributed by atoms with Crippen molar-refractivity contribution in [3.05, 3.63) is 17.0 Å². The molecule has 4 rings (SSSR count). The van der Waals surface area contributed by atoms with Gasteiger partial charge in [0.05, 0.1) is 12.0 Å². The van der Waals surface area contributed by atoms with E-state index in [1.807, 2.05) is 0 Å². The molecule has 1 fully saturated rings. The Labute approximate surface area is 158 Å². The number of aromatic nitrogens is 3. The van der Waals surface area contributed by atoms with Crippen LogP contribution in [-0.4, -0.2) is 60.2 Å². The molecule has 2 unspecified atom stereocenters. The predicted octanol–water partition coefficient (Wildman–Crippen LogP) is 0.399. The molecule has 26 heavy (non-hydrogen) atoms. The smallest absolute Gasteiger partial charge is 0.226 e. The molecule has 140 valence electrons. The Hall–Kier alpha value is -1.43. The van der Waals surface area contributed by atoms with Gasteiger partial charge in [0, 0.05) is 17.9 Å². The van der Waals surface area contributed by atoms with Crippen LogP contribution in [0.15, 0.2) is 6.20 Å². The maximum absolute atomic E-state index is 12.0. The lowest BCUT2D eigenvalue weighted by molar-refractivity contribution is -0.116. The number of halogens is 1. The molecule has 0 aliphatic carbocycles. The summed E-state index contributed by atoms with van der Waals surface area (Å²) < 4.78 is 7.20. The first-order valence-electron chi connectivity index (χ1n) is 7.96. The van der Waals surface area contributed by atoms with Crippen LogP contribution in [0, 0.1) is 0 Å². The van der Waals surface area contributed by atoms with Gasteiger partial charge in [-0.25, -0.2) is 0 Å². The Morgan fingerprint density at radius 2 is 2.27 bits per heavy atom. The van der Waals surface area contributed by atoms with Crippen molar-refractivity contribution < 1.29 is 24.9 Å². The van der Waals surface area contributed by atoms with E-state index < -0.39 is 35.9 Å². The summed E-state index contributed by atoms with van der Waals surface area (Å²) in [6.45, 7) is 0.963. The number of nitrogens with zero attached hydrogens (tertiary/aromatic N) is 3. The van der Waals surface area contributed by atoms with Crippen LogP contribution in [0.5, 0.6) is 0 Å². The quantitative estimate of drug-likeness (QED) is 0.364. The average molecular weight is 401 g/mol. The highest BCUT2D eigenvalue weighted by molar-refractivity contribution is 7.80. The molecule has 0 radical (unpaired) electrons. The molecule has 9 nitrogen and oxygen atoms in total. The Morgan fingerprint density at radius 3 is 2.92 bits per heavy atom. The monoisotopic (exact) mass is 400 g/mol. The number of rotatable bonds is 2. The minimum Gasteiger partial charge on any atom is -0.394 e. The van der Waals surface area contributed by atoms with Crippen LogP contribution in [0.3, 0.4) is 0 Å². The zero-order valence-electron chi connectivity index (χ0n) is 13.6. The summed E-state index contributed by atoms with van der Waals surface area (Å²) in [5.74, 6) is 0.0101. The largest absolute Gasteiger partial charge is 0.394 e. The number of amides is 1. The molecule has 2 aromatic heterocycles. The first-order valence-corrected chi connectivity index (χ1v) is 8.86. The van der Waals surface area contributed by atoms with Crippen molar-refractivity contribution in [3.8, 4) is 0 Å². The van der Waals surface area contributed by atoms with Gasteiger partial charge in [0.15, 0.2) is 6.23 Å². The Kier molecular flexibility index (Phi) is 4.17. The van der Waals surface area contributed by atoms with E-state index in [1.165, 1.54) is 11.5 Å². The van der Waals surface area contributed by atoms with Gasteiger partial charge in [0.25, 0.3) is 0 Å². The maximum atomic E-state index is 12.0. The highest BCUT2D eigenvalue weighted by Crippen LogP contribution is 2.44. The van der Waals surface area contributed by atoms with E-state index >= 15 is 0 Å². The van der Waals surface area contributed by atoms with Crippen molar-refractivity contribution in [1.82, 2.24) is 14.5 Å². The van der Waals surface area contributed by atoms with E-state index in [-0.39, 0.29) is 23.4 Å². The molecule has 0 saturated carbocycles. The second-order valence-electron chi connectivity index (χ2n) is 6.68. The fourth-order valence-corrected chi connectivity index (χ4v) is 4.06. The van der Waals surface area contributed by atoms with Gasteiger partial charge < -0.3 is 29.9 Å². The van der Waals surface area contributed by atoms with Crippen LogP contribution < -0.4 is 5.32 Å². The number of aliphatic hydroxyl groups excluding tert-OH is 2. The molecule has 1 amide bonds. The fraction of sp³-hybridized carbons (Fsp3) is 0.533. The van der Waals surface area contributed by atoms with Crippen molar-refractivity contribution in [2.24, 2.45) is 0 Å². The third kappa shape index (κ3) is 2.52. The van der Waals surface area contributed by atoms with Crippen molar-refractivity contribution in [3.63, 3.8) is 0 Å². The molecular weight excluding hydrogens is 384 g/mol. The summed E-state index contributed by atoms with van der Waals surface area (Å²) in [5, 5.41) is 33.1. The molecule has 2 aromatic rings. The highest BCUT2D eigenvalue weighted by Gasteiger charge is 2.53. The van der Waals surface area contributed by atoms with Crippen LogP contribution in [0.1, 0.15) is 30.4 Å². The maximum Gasteiger partial charge on any atom is 0.226 e. The molecule has 4 heterocycles. The van der Waals surface area contributed by atoms with E-state index in [2.05, 4.69) is 27.9 Å². The topological polar surface area (TPSA) is 130 Å². The lowest BCUT2D eigenvalue weighted by Gasteiger charge is -2.27. The summed E-state index contributed by atoms with van der Waals surface area (Å²) in [7, 11) is 0. The standard InChI is InChI=1S/C15H17ClN4O5S/c1-15(24)10(23)6(4-21)25-13(15)20-3-5-7(26)2-8(22)17-11-9(5)12(20)19-14(16)18-11/h3,6-7,10,13,21,23-24,26H,2,4H2,1H3,(H,17,18,19,22)/t6-,7?,10-,13?,15-/m1/s1. The number of ether oxygens (including phenoxy) is 1. The Balaban J connectivity index is 1.94. The third-order valence-corrected chi connectivity index (χ3v) is 5.49. The Bertz CT molecular complexity index is 904. The number of carbonyl (C=O) groups is 1. The van der Waals surface area contributed by atoms with Gasteiger partial charge in [-0.15, -0.1) is 0 Å². The molecule has 1 saturated heterocycles. The second kappa shape index (κ2) is 6.04. The van der Waals surface area contributed by atoms with Crippen molar-refractivity contribution in [1.29, 1.82) is 0 Å². The normalized spacial score (nSPS) is 34.2. The summed E-state index contributed by atoms with van der Waals surface area (Å²) in [4.78, 5) is 20.3. The summed E-state index contributed by atoms with van der Waals surface area (Å²) in [5.41, 5.74) is -0.685. The van der Waals surface area contributed by atoms with Gasteiger partial charge in [-0.1, -0.05) is 0 Å². The molecule has 0 bridgehead atoms. The zero-order valence-corrected chi connectivity index (χ0v) is 15.3. The Morgan fingerprint density at radius 1 is 1.54 bits per heavy atom. The summed E-state index contributed by atoms with van der Waals surface area (Å²) in [6, 6.07) is 0. The number of hydrogen-bond acceptors (Lipinski definition) is 8. The van der Waals surface area contributed by atoms with E-state index in [4.69, 9.17) is 16.3 Å². The molecule has 0 spiro atoms. The zero-order chi connectivity index (χ0) is 18.8. The molecule has 11 heteroatoms. The highest BCUT2D eigenvalue weighted by atomic mass is 35.5. The van der Waals surface area contributed by atoms with Crippen LogP contribution >= 0.6 is 24.2 Å². The predicted molar refractivity (Wildman–Crippen MR) is 95.1 cm³/mol. The van der Waals surface area contributed by atoms with Crippen molar-refractivity contribution >= 4 is 47.0 Å². The van der Waals surface area contributed by atoms with Crippen LogP contribution in [0.2, 0.25) is 5.28 Å². The molecule has 2 aliphatic rings. The van der Waals surface area contributed by atoms with Gasteiger partial charge in [0.2, 0.25) is 11.2 Å². The lowest BCUT2D eigenvalue weighted by atomic mass is 9.96. The second-order valence-corrected chi connectivity index (χ2v) is 7.64. The summed E-state index contributed by atoms with van der Waals surface area (Å²) in [6.07, 6.45) is -1.50. The van der Waals surface area contributed by atoms with E-state index in [1.54, 1.807) is 6.20 Å². The molecule has 5 atom stereocenters.